The molecule has 1 saturated heterocycles. The number of amides is 1. The number of hydrogen-bond donors (Lipinski definition) is 0. The molecule has 1 aromatic heterocycles. The van der Waals surface area contributed by atoms with Gasteiger partial charge in [-0.05, 0) is 25.0 Å². The van der Waals surface area contributed by atoms with Gasteiger partial charge in [-0.15, -0.1) is 6.58 Å². The molecule has 26 heavy (non-hydrogen) atoms. The van der Waals surface area contributed by atoms with Crippen molar-refractivity contribution in [2.45, 2.75) is 25.9 Å². The summed E-state index contributed by atoms with van der Waals surface area (Å²) in [4.78, 5) is 24.7. The molecule has 3 rings (SSSR count). The number of hydrogen-bond acceptors (Lipinski definition) is 5. The number of piperazine rings is 1. The van der Waals surface area contributed by atoms with Crippen molar-refractivity contribution in [1.29, 1.82) is 0 Å². The van der Waals surface area contributed by atoms with Crippen molar-refractivity contribution in [3.63, 3.8) is 0 Å². The maximum absolute atomic E-state index is 11.5. The first kappa shape index (κ1) is 18.3. The smallest absolute Gasteiger partial charge is 0.233 e. The van der Waals surface area contributed by atoms with Crippen LogP contribution in [-0.4, -0.2) is 64.5 Å². The molecule has 0 bridgehead atoms. The molecule has 0 unspecified atom stereocenters. The Kier molecular flexibility index (Phi) is 6.17. The van der Waals surface area contributed by atoms with Gasteiger partial charge in [0.2, 0.25) is 11.8 Å². The summed E-state index contributed by atoms with van der Waals surface area (Å²) in [7, 11) is 0. The van der Waals surface area contributed by atoms with Crippen molar-refractivity contribution >= 4 is 16.9 Å². The number of nitrogens with zero attached hydrogens (tertiary/aromatic N) is 4. The van der Waals surface area contributed by atoms with E-state index < -0.39 is 0 Å². The molecule has 0 saturated carbocycles. The van der Waals surface area contributed by atoms with Crippen LogP contribution in [0.2, 0.25) is 0 Å². The zero-order chi connectivity index (χ0) is 18.4. The van der Waals surface area contributed by atoms with Crippen molar-refractivity contribution in [3.8, 4) is 5.88 Å². The summed E-state index contributed by atoms with van der Waals surface area (Å²) in [6.45, 7) is 9.56. The van der Waals surface area contributed by atoms with E-state index in [4.69, 9.17) is 4.74 Å². The first-order valence-electron chi connectivity index (χ1n) is 9.13. The molecule has 1 amide bonds. The lowest BCUT2D eigenvalue weighted by Gasteiger charge is -2.35. The molecule has 2 heterocycles. The third-order valence-corrected chi connectivity index (χ3v) is 4.69. The molecule has 0 spiro atoms. The van der Waals surface area contributed by atoms with Crippen LogP contribution >= 0.6 is 0 Å². The van der Waals surface area contributed by atoms with Gasteiger partial charge in [-0.25, -0.2) is 9.97 Å². The molecular weight excluding hydrogens is 328 g/mol. The Hall–Kier alpha value is -2.47. The Morgan fingerprint density at radius 1 is 1.27 bits per heavy atom. The Morgan fingerprint density at radius 2 is 2.00 bits per heavy atom. The topological polar surface area (TPSA) is 58.6 Å². The summed E-state index contributed by atoms with van der Waals surface area (Å²) >= 11 is 0. The van der Waals surface area contributed by atoms with Gasteiger partial charge >= 0.3 is 0 Å². The van der Waals surface area contributed by atoms with E-state index >= 15 is 0 Å². The molecule has 2 aromatic rings. The van der Waals surface area contributed by atoms with E-state index in [1.807, 2.05) is 35.2 Å². The quantitative estimate of drug-likeness (QED) is 0.715. The predicted octanol–water partition coefficient (Wildman–Crippen LogP) is 2.51. The highest BCUT2D eigenvalue weighted by Crippen LogP contribution is 2.17. The Balaban J connectivity index is 1.63. The van der Waals surface area contributed by atoms with Crippen LogP contribution in [0.1, 0.15) is 19.8 Å². The molecular formula is C20H26N4O2. The van der Waals surface area contributed by atoms with E-state index in [9.17, 15) is 4.79 Å². The van der Waals surface area contributed by atoms with Crippen LogP contribution in [0.5, 0.6) is 5.88 Å². The van der Waals surface area contributed by atoms with Gasteiger partial charge in [0.15, 0.2) is 0 Å². The highest BCUT2D eigenvalue weighted by atomic mass is 16.5. The third kappa shape index (κ3) is 4.79. The Labute approximate surface area is 154 Å². The molecule has 1 aliphatic rings. The number of aromatic nitrogens is 2. The fraction of sp³-hybridized carbons (Fsp3) is 0.450. The SMILES string of the molecule is C=CCC[C@@H](CN1CCN(C(C)=O)CC1)Oc1cnc2ccccc2n1. The van der Waals surface area contributed by atoms with Gasteiger partial charge < -0.3 is 9.64 Å². The zero-order valence-electron chi connectivity index (χ0n) is 15.3. The second kappa shape index (κ2) is 8.76. The van der Waals surface area contributed by atoms with Gasteiger partial charge in [-0.3, -0.25) is 9.69 Å². The summed E-state index contributed by atoms with van der Waals surface area (Å²) in [6.07, 6.45) is 5.39. The van der Waals surface area contributed by atoms with Gasteiger partial charge in [0.25, 0.3) is 0 Å². The predicted molar refractivity (Wildman–Crippen MR) is 102 cm³/mol. The van der Waals surface area contributed by atoms with Crippen molar-refractivity contribution in [3.05, 3.63) is 43.1 Å². The Morgan fingerprint density at radius 3 is 2.69 bits per heavy atom. The molecule has 0 N–H and O–H groups in total. The molecule has 6 nitrogen and oxygen atoms in total. The van der Waals surface area contributed by atoms with Crippen LogP contribution in [-0.2, 0) is 4.79 Å². The monoisotopic (exact) mass is 354 g/mol. The minimum Gasteiger partial charge on any atom is -0.472 e. The third-order valence-electron chi connectivity index (χ3n) is 4.69. The Bertz CT molecular complexity index is 756. The number of fused-ring (bicyclic) bond motifs is 1. The minimum atomic E-state index is 0.0207. The van der Waals surface area contributed by atoms with E-state index in [0.29, 0.717) is 5.88 Å². The van der Waals surface area contributed by atoms with Crippen LogP contribution < -0.4 is 4.74 Å². The van der Waals surface area contributed by atoms with E-state index in [2.05, 4.69) is 21.4 Å². The average Bonchev–Trinajstić information content (AvgIpc) is 2.66. The van der Waals surface area contributed by atoms with Crippen LogP contribution in [0, 0.1) is 0 Å². The first-order valence-corrected chi connectivity index (χ1v) is 9.13. The van der Waals surface area contributed by atoms with Gasteiger partial charge in [-0.2, -0.15) is 0 Å². The van der Waals surface area contributed by atoms with Crippen LogP contribution in [0.4, 0.5) is 0 Å². The highest BCUT2D eigenvalue weighted by molar-refractivity contribution is 5.74. The maximum atomic E-state index is 11.5. The fourth-order valence-corrected chi connectivity index (χ4v) is 3.19. The van der Waals surface area contributed by atoms with Crippen LogP contribution in [0.15, 0.2) is 43.1 Å². The lowest BCUT2D eigenvalue weighted by Crippen LogP contribution is -2.50. The van der Waals surface area contributed by atoms with Gasteiger partial charge in [0, 0.05) is 39.6 Å². The number of para-hydroxylation sites is 2. The second-order valence-corrected chi connectivity index (χ2v) is 6.61. The standard InChI is InChI=1S/C20H26N4O2/c1-3-4-7-17(15-23-10-12-24(13-11-23)16(2)25)26-20-14-21-18-8-5-6-9-19(18)22-20/h3,5-6,8-9,14,17H,1,4,7,10-13,15H2,2H3/t17-/m0/s1. The molecule has 138 valence electrons. The lowest BCUT2D eigenvalue weighted by molar-refractivity contribution is -0.130. The maximum Gasteiger partial charge on any atom is 0.233 e. The number of carbonyl (C=O) groups excluding carboxylic acids is 1. The molecule has 1 atom stereocenters. The summed E-state index contributed by atoms with van der Waals surface area (Å²) in [5.41, 5.74) is 1.70. The number of benzene rings is 1. The summed E-state index contributed by atoms with van der Waals surface area (Å²) in [5, 5.41) is 0. The minimum absolute atomic E-state index is 0.0207. The van der Waals surface area contributed by atoms with Crippen molar-refractivity contribution in [2.24, 2.45) is 0 Å². The van der Waals surface area contributed by atoms with Crippen LogP contribution in [0.25, 0.3) is 11.0 Å². The lowest BCUT2D eigenvalue weighted by atomic mass is 10.1. The number of rotatable bonds is 7. The average molecular weight is 354 g/mol. The zero-order valence-corrected chi connectivity index (χ0v) is 15.3. The molecule has 1 aliphatic heterocycles. The molecule has 0 aliphatic carbocycles. The summed E-state index contributed by atoms with van der Waals surface area (Å²) in [5.74, 6) is 0.704. The number of ether oxygens (including phenoxy) is 1. The van der Waals surface area contributed by atoms with E-state index in [0.717, 1.165) is 56.6 Å². The fourth-order valence-electron chi connectivity index (χ4n) is 3.19. The molecule has 0 radical (unpaired) electrons. The van der Waals surface area contributed by atoms with Gasteiger partial charge in [0.05, 0.1) is 17.2 Å². The number of carbonyl (C=O) groups is 1. The van der Waals surface area contributed by atoms with Crippen molar-refractivity contribution in [1.82, 2.24) is 19.8 Å². The van der Waals surface area contributed by atoms with Crippen LogP contribution in [0.3, 0.4) is 0 Å². The van der Waals surface area contributed by atoms with Crippen molar-refractivity contribution in [2.75, 3.05) is 32.7 Å². The van der Waals surface area contributed by atoms with Gasteiger partial charge in [-0.1, -0.05) is 18.2 Å². The molecule has 6 heteroatoms. The van der Waals surface area contributed by atoms with E-state index in [1.54, 1.807) is 13.1 Å². The van der Waals surface area contributed by atoms with E-state index in [-0.39, 0.29) is 12.0 Å². The largest absolute Gasteiger partial charge is 0.472 e. The van der Waals surface area contributed by atoms with Gasteiger partial charge in [0.1, 0.15) is 6.10 Å². The number of allylic oxidation sites excluding steroid dienone is 1. The summed E-state index contributed by atoms with van der Waals surface area (Å²) < 4.78 is 6.16. The highest BCUT2D eigenvalue weighted by Gasteiger charge is 2.22. The molecule has 1 fully saturated rings. The second-order valence-electron chi connectivity index (χ2n) is 6.61. The first-order chi connectivity index (χ1) is 12.7. The molecule has 1 aromatic carbocycles. The normalized spacial score (nSPS) is 16.4. The van der Waals surface area contributed by atoms with E-state index in [1.165, 1.54) is 0 Å². The van der Waals surface area contributed by atoms with Crippen molar-refractivity contribution < 1.29 is 9.53 Å². The summed E-state index contributed by atoms with van der Waals surface area (Å²) in [6, 6.07) is 7.78.